The lowest BCUT2D eigenvalue weighted by molar-refractivity contribution is 0.934. The Morgan fingerprint density at radius 1 is 0.967 bits per heavy atom. The second-order valence-corrected chi connectivity index (χ2v) is 8.62. The lowest BCUT2D eigenvalue weighted by atomic mass is 10.1. The highest BCUT2D eigenvalue weighted by atomic mass is 127. The maximum Gasteiger partial charge on any atom is 0.266 e. The van der Waals surface area contributed by atoms with Crippen LogP contribution in [0.1, 0.15) is 17.0 Å². The van der Waals surface area contributed by atoms with Gasteiger partial charge in [0.25, 0.3) is 5.56 Å². The minimum absolute atomic E-state index is 0.0598. The number of fused-ring (bicyclic) bond motifs is 1. The number of hydrogen-bond acceptors (Lipinski definition) is 3. The summed E-state index contributed by atoms with van der Waals surface area (Å²) in [4.78, 5) is 20.4. The van der Waals surface area contributed by atoms with Gasteiger partial charge in [0.05, 0.1) is 16.6 Å². The van der Waals surface area contributed by atoms with Gasteiger partial charge in [0, 0.05) is 23.4 Å². The van der Waals surface area contributed by atoms with E-state index in [1.165, 1.54) is 0 Å². The molecule has 1 aromatic heterocycles. The van der Waals surface area contributed by atoms with E-state index < -0.39 is 0 Å². The monoisotopic (exact) mass is 507 g/mol. The third-order valence-electron chi connectivity index (χ3n) is 5.05. The molecule has 0 aliphatic carbocycles. The highest BCUT2D eigenvalue weighted by Crippen LogP contribution is 2.20. The second-order valence-electron chi connectivity index (χ2n) is 7.38. The van der Waals surface area contributed by atoms with Crippen LogP contribution in [0.15, 0.2) is 71.5 Å². The first-order valence-electron chi connectivity index (χ1n) is 9.68. The third kappa shape index (κ3) is 4.03. The zero-order chi connectivity index (χ0) is 21.3. The van der Waals surface area contributed by atoms with Crippen LogP contribution < -0.4 is 10.5 Å². The Kier molecular flexibility index (Phi) is 5.72. The number of hydrogen-bond donors (Lipinski definition) is 0. The number of benzene rings is 3. The minimum Gasteiger partial charge on any atom is -0.378 e. The Bertz CT molecular complexity index is 1300. The molecule has 0 fully saturated rings. The molecule has 0 bridgehead atoms. The van der Waals surface area contributed by atoms with Crippen molar-refractivity contribution in [1.29, 1.82) is 0 Å². The summed E-state index contributed by atoms with van der Waals surface area (Å²) in [6.45, 7) is 2.01. The maximum absolute atomic E-state index is 13.5. The summed E-state index contributed by atoms with van der Waals surface area (Å²) < 4.78 is 2.72. The second kappa shape index (κ2) is 8.44. The fourth-order valence-electron chi connectivity index (χ4n) is 3.39. The molecule has 0 saturated carbocycles. The molecule has 0 unspecified atom stereocenters. The van der Waals surface area contributed by atoms with Crippen molar-refractivity contribution in [3.8, 4) is 5.69 Å². The quantitative estimate of drug-likeness (QED) is 0.341. The lowest BCUT2D eigenvalue weighted by Crippen LogP contribution is -2.23. The van der Waals surface area contributed by atoms with E-state index in [-0.39, 0.29) is 5.56 Å². The van der Waals surface area contributed by atoms with Crippen molar-refractivity contribution in [3.63, 3.8) is 0 Å². The van der Waals surface area contributed by atoms with Crippen LogP contribution in [0.4, 0.5) is 5.69 Å². The molecule has 0 aliphatic heterocycles. The molecule has 5 heteroatoms. The van der Waals surface area contributed by atoms with Crippen LogP contribution in [0.2, 0.25) is 0 Å². The number of aryl methyl sites for hydroxylation is 1. The van der Waals surface area contributed by atoms with Crippen molar-refractivity contribution >= 4 is 51.3 Å². The van der Waals surface area contributed by atoms with Gasteiger partial charge in [-0.05, 0) is 83.1 Å². The van der Waals surface area contributed by atoms with Gasteiger partial charge in [-0.2, -0.15) is 0 Å². The average Bonchev–Trinajstić information content (AvgIpc) is 2.74. The number of anilines is 1. The van der Waals surface area contributed by atoms with E-state index in [2.05, 4.69) is 51.8 Å². The minimum atomic E-state index is -0.0598. The zero-order valence-electron chi connectivity index (χ0n) is 17.1. The Morgan fingerprint density at radius 3 is 2.40 bits per heavy atom. The number of nitrogens with zero attached hydrogens (tertiary/aromatic N) is 3. The van der Waals surface area contributed by atoms with E-state index >= 15 is 0 Å². The maximum atomic E-state index is 13.5. The van der Waals surface area contributed by atoms with E-state index in [1.54, 1.807) is 4.57 Å². The molecule has 4 aromatic rings. The fourth-order valence-corrected chi connectivity index (χ4v) is 3.88. The van der Waals surface area contributed by atoms with E-state index in [0.29, 0.717) is 16.7 Å². The van der Waals surface area contributed by atoms with Crippen LogP contribution in [0.3, 0.4) is 0 Å². The molecular formula is C25H22IN3O. The van der Waals surface area contributed by atoms with Gasteiger partial charge in [-0.15, -0.1) is 0 Å². The van der Waals surface area contributed by atoms with E-state index in [1.807, 2.05) is 75.6 Å². The fraction of sp³-hybridized carbons (Fsp3) is 0.120. The Labute approximate surface area is 189 Å². The van der Waals surface area contributed by atoms with Crippen molar-refractivity contribution in [2.45, 2.75) is 6.92 Å². The van der Waals surface area contributed by atoms with Gasteiger partial charge in [0.1, 0.15) is 5.82 Å². The molecule has 0 aliphatic rings. The summed E-state index contributed by atoms with van der Waals surface area (Å²) in [5.74, 6) is 0.611. The molecule has 1 heterocycles. The number of para-hydroxylation sites is 1. The molecule has 0 atom stereocenters. The standard InChI is InChI=1S/C25H22IN3O/c1-17-6-4-5-7-23(17)29-24(15-10-18-8-12-20(13-9-18)28(2)3)27-22-14-11-19(26)16-21(22)25(29)30/h4-16H,1-3H3/b15-10+. The number of aromatic nitrogens is 2. The summed E-state index contributed by atoms with van der Waals surface area (Å²) in [7, 11) is 4.04. The molecule has 4 rings (SSSR count). The molecule has 150 valence electrons. The van der Waals surface area contributed by atoms with Crippen molar-refractivity contribution in [3.05, 3.63) is 97.6 Å². The number of halogens is 1. The molecule has 0 amide bonds. The van der Waals surface area contributed by atoms with Crippen LogP contribution in [0.25, 0.3) is 28.7 Å². The molecule has 3 aromatic carbocycles. The topological polar surface area (TPSA) is 38.1 Å². The van der Waals surface area contributed by atoms with Crippen molar-refractivity contribution < 1.29 is 0 Å². The largest absolute Gasteiger partial charge is 0.378 e. The predicted octanol–water partition coefficient (Wildman–Crippen LogP) is 5.54. The Morgan fingerprint density at radius 2 is 1.70 bits per heavy atom. The van der Waals surface area contributed by atoms with E-state index in [4.69, 9.17) is 4.98 Å². The molecule has 0 saturated heterocycles. The van der Waals surface area contributed by atoms with Gasteiger partial charge in [-0.1, -0.05) is 36.4 Å². The summed E-state index contributed by atoms with van der Waals surface area (Å²) in [5.41, 5.74) is 4.70. The van der Waals surface area contributed by atoms with Gasteiger partial charge in [-0.25, -0.2) is 4.98 Å². The third-order valence-corrected chi connectivity index (χ3v) is 5.72. The highest BCUT2D eigenvalue weighted by Gasteiger charge is 2.13. The first-order valence-corrected chi connectivity index (χ1v) is 10.8. The summed E-state index contributed by atoms with van der Waals surface area (Å²) >= 11 is 2.22. The van der Waals surface area contributed by atoms with Crippen molar-refractivity contribution in [2.75, 3.05) is 19.0 Å². The summed E-state index contributed by atoms with van der Waals surface area (Å²) in [6, 6.07) is 21.9. The summed E-state index contributed by atoms with van der Waals surface area (Å²) in [5, 5.41) is 0.623. The van der Waals surface area contributed by atoms with E-state index in [0.717, 1.165) is 26.1 Å². The smallest absolute Gasteiger partial charge is 0.266 e. The predicted molar refractivity (Wildman–Crippen MR) is 134 cm³/mol. The number of rotatable bonds is 4. The van der Waals surface area contributed by atoms with Gasteiger partial charge < -0.3 is 4.90 Å². The van der Waals surface area contributed by atoms with Crippen molar-refractivity contribution in [2.24, 2.45) is 0 Å². The van der Waals surface area contributed by atoms with Crippen LogP contribution in [-0.4, -0.2) is 23.6 Å². The highest BCUT2D eigenvalue weighted by molar-refractivity contribution is 14.1. The molecule has 30 heavy (non-hydrogen) atoms. The van der Waals surface area contributed by atoms with Crippen LogP contribution in [-0.2, 0) is 0 Å². The zero-order valence-corrected chi connectivity index (χ0v) is 19.3. The Balaban J connectivity index is 1.89. The normalized spacial score (nSPS) is 11.3. The van der Waals surface area contributed by atoms with Crippen molar-refractivity contribution in [1.82, 2.24) is 9.55 Å². The van der Waals surface area contributed by atoms with Crippen LogP contribution in [0, 0.1) is 10.5 Å². The molecule has 4 nitrogen and oxygen atoms in total. The SMILES string of the molecule is Cc1ccccc1-n1c(/C=C/c2ccc(N(C)C)cc2)nc2ccc(I)cc2c1=O. The first kappa shape index (κ1) is 20.3. The lowest BCUT2D eigenvalue weighted by Gasteiger charge is -2.14. The average molecular weight is 507 g/mol. The van der Waals surface area contributed by atoms with Gasteiger partial charge in [-0.3, -0.25) is 9.36 Å². The molecule has 0 radical (unpaired) electrons. The van der Waals surface area contributed by atoms with Crippen LogP contribution >= 0.6 is 22.6 Å². The molecular weight excluding hydrogens is 485 g/mol. The molecule has 0 spiro atoms. The van der Waals surface area contributed by atoms with Gasteiger partial charge in [0.15, 0.2) is 0 Å². The van der Waals surface area contributed by atoms with Gasteiger partial charge >= 0.3 is 0 Å². The van der Waals surface area contributed by atoms with Gasteiger partial charge in [0.2, 0.25) is 0 Å². The first-order chi connectivity index (χ1) is 14.4. The van der Waals surface area contributed by atoms with E-state index in [9.17, 15) is 4.79 Å². The Hall–Kier alpha value is -2.93. The molecule has 0 N–H and O–H groups in total. The summed E-state index contributed by atoms with van der Waals surface area (Å²) in [6.07, 6.45) is 3.91. The van der Waals surface area contributed by atoms with Crippen LogP contribution in [0.5, 0.6) is 0 Å².